The van der Waals surface area contributed by atoms with E-state index in [0.717, 1.165) is 0 Å². The quantitative estimate of drug-likeness (QED) is 0.460. The Morgan fingerprint density at radius 2 is 1.90 bits per heavy atom. The molecule has 0 aromatic rings. The van der Waals surface area contributed by atoms with Crippen LogP contribution in [0.3, 0.4) is 0 Å². The van der Waals surface area contributed by atoms with Crippen LogP contribution < -0.4 is 5.73 Å². The molecule has 0 aliphatic carbocycles. The Hall–Kier alpha value is -1.10. The van der Waals surface area contributed by atoms with Crippen molar-refractivity contribution >= 4 is 11.9 Å². The lowest BCUT2D eigenvalue weighted by atomic mass is 11.1. The van der Waals surface area contributed by atoms with Crippen molar-refractivity contribution in [2.45, 2.75) is 18.9 Å². The lowest BCUT2D eigenvalue weighted by molar-refractivity contribution is -0.139. The molecule has 0 unspecified atom stereocenters. The summed E-state index contributed by atoms with van der Waals surface area (Å²) in [7, 11) is 0. The van der Waals surface area contributed by atoms with E-state index < -0.39 is 18.0 Å². The SMILES string of the molecule is N[13C@H]([13CH2][13CH2][13C](=O)O)[13C](=O)O. The second-order valence-corrected chi connectivity index (χ2v) is 1.88. The predicted molar refractivity (Wildman–Crippen MR) is 32.5 cm³/mol. The maximum absolute atomic E-state index is 9.99. The molecule has 0 saturated heterocycles. The molecule has 58 valence electrons. The summed E-state index contributed by atoms with van der Waals surface area (Å²) in [5.74, 6) is -2.20. The summed E-state index contributed by atoms with van der Waals surface area (Å²) in [6.45, 7) is 0. The molecule has 5 nitrogen and oxygen atoms in total. The summed E-state index contributed by atoms with van der Waals surface area (Å²) >= 11 is 0. The second-order valence-electron chi connectivity index (χ2n) is 1.88. The third kappa shape index (κ3) is 3.85. The fourth-order valence-electron chi connectivity index (χ4n) is 0.402. The van der Waals surface area contributed by atoms with Gasteiger partial charge in [0.2, 0.25) is 0 Å². The van der Waals surface area contributed by atoms with Crippen molar-refractivity contribution in [1.82, 2.24) is 0 Å². The van der Waals surface area contributed by atoms with Crippen molar-refractivity contribution < 1.29 is 19.8 Å². The molecule has 0 aromatic heterocycles. The lowest BCUT2D eigenvalue weighted by Crippen LogP contribution is -2.30. The molecule has 5 heteroatoms. The normalized spacial score (nSPS) is 12.5. The van der Waals surface area contributed by atoms with Gasteiger partial charge in [-0.1, -0.05) is 0 Å². The van der Waals surface area contributed by atoms with E-state index in [9.17, 15) is 9.59 Å². The zero-order valence-electron chi connectivity index (χ0n) is 5.28. The molecule has 0 saturated carbocycles. The predicted octanol–water partition coefficient (Wildman–Crippen LogP) is -0.737. The maximum atomic E-state index is 9.99. The van der Waals surface area contributed by atoms with Gasteiger partial charge in [-0.3, -0.25) is 9.59 Å². The van der Waals surface area contributed by atoms with Crippen LogP contribution in [-0.4, -0.2) is 28.2 Å². The van der Waals surface area contributed by atoms with Gasteiger partial charge in [0.1, 0.15) is 6.04 Å². The van der Waals surface area contributed by atoms with Crippen LogP contribution in [0.4, 0.5) is 0 Å². The van der Waals surface area contributed by atoms with Crippen LogP contribution in [0.5, 0.6) is 0 Å². The number of hydrogen-bond donors (Lipinski definition) is 3. The van der Waals surface area contributed by atoms with Gasteiger partial charge in [-0.2, -0.15) is 0 Å². The Morgan fingerprint density at radius 1 is 1.40 bits per heavy atom. The standard InChI is InChI=1S/C5H9NO4/c6-3(5(9)10)1-2-4(7)8/h3H,1-2,6H2,(H,7,8)(H,9,10)/t3-/m1/s1/i1+1,2+1,3+1,4+1,5+1. The number of aliphatic carboxylic acids is 2. The fourth-order valence-corrected chi connectivity index (χ4v) is 0.402. The van der Waals surface area contributed by atoms with E-state index >= 15 is 0 Å². The molecule has 0 fully saturated rings. The van der Waals surface area contributed by atoms with E-state index in [1.807, 2.05) is 0 Å². The topological polar surface area (TPSA) is 101 Å². The van der Waals surface area contributed by atoms with Crippen LogP contribution in [0.25, 0.3) is 0 Å². The number of rotatable bonds is 4. The first kappa shape index (κ1) is 8.90. The molecule has 10 heavy (non-hydrogen) atoms. The molecule has 0 aromatic carbocycles. The Balaban J connectivity index is 3.49. The van der Waals surface area contributed by atoms with E-state index in [2.05, 4.69) is 0 Å². The summed E-state index contributed by atoms with van der Waals surface area (Å²) in [4.78, 5) is 19.9. The molecule has 0 rings (SSSR count). The van der Waals surface area contributed by atoms with E-state index in [1.54, 1.807) is 0 Å². The number of carboxylic acids is 2. The summed E-state index contributed by atoms with van der Waals surface area (Å²) in [5.41, 5.74) is 5.00. The Labute approximate surface area is 57.5 Å². The molecule has 0 heterocycles. The van der Waals surface area contributed by atoms with Gasteiger partial charge in [-0.15, -0.1) is 0 Å². The zero-order valence-corrected chi connectivity index (χ0v) is 5.28. The van der Waals surface area contributed by atoms with Gasteiger partial charge >= 0.3 is 11.9 Å². The molecule has 0 aliphatic rings. The summed E-state index contributed by atoms with van der Waals surface area (Å²) in [6.07, 6.45) is -0.224. The smallest absolute Gasteiger partial charge is 0.320 e. The van der Waals surface area contributed by atoms with Crippen LogP contribution in [0.15, 0.2) is 0 Å². The fraction of sp³-hybridized carbons (Fsp3) is 0.600. The molecule has 0 spiro atoms. The van der Waals surface area contributed by atoms with Crippen molar-refractivity contribution in [2.75, 3.05) is 0 Å². The summed E-state index contributed by atoms with van der Waals surface area (Å²) in [6, 6.07) is -1.06. The van der Waals surface area contributed by atoms with Gasteiger partial charge in [-0.25, -0.2) is 0 Å². The molecule has 0 amide bonds. The van der Waals surface area contributed by atoms with E-state index in [1.165, 1.54) is 0 Å². The average Bonchev–Trinajstić information content (AvgIpc) is 1.82. The van der Waals surface area contributed by atoms with Crippen molar-refractivity contribution in [2.24, 2.45) is 5.73 Å². The van der Waals surface area contributed by atoms with Crippen LogP contribution >= 0.6 is 0 Å². The van der Waals surface area contributed by atoms with Crippen LogP contribution in [0, 0.1) is 0 Å². The zero-order chi connectivity index (χ0) is 8.15. The minimum Gasteiger partial charge on any atom is -0.481 e. The Bertz CT molecular complexity index is 145. The minimum atomic E-state index is -1.17. The van der Waals surface area contributed by atoms with Gasteiger partial charge < -0.3 is 15.9 Å². The minimum absolute atomic E-state index is 0.0231. The van der Waals surface area contributed by atoms with Gasteiger partial charge in [0.25, 0.3) is 0 Å². The molecule has 0 bridgehead atoms. The number of carboxylic acid groups (broad SMARTS) is 2. The van der Waals surface area contributed by atoms with Gasteiger partial charge in [0.05, 0.1) is 0 Å². The summed E-state index contributed by atoms with van der Waals surface area (Å²) in [5, 5.41) is 16.3. The van der Waals surface area contributed by atoms with Crippen molar-refractivity contribution in [3.63, 3.8) is 0 Å². The van der Waals surface area contributed by atoms with Gasteiger partial charge in [0, 0.05) is 6.42 Å². The molecular formula is C5H9NO4. The third-order valence-corrected chi connectivity index (χ3v) is 0.986. The van der Waals surface area contributed by atoms with Crippen LogP contribution in [-0.2, 0) is 9.59 Å². The highest BCUT2D eigenvalue weighted by molar-refractivity contribution is 5.74. The lowest BCUT2D eigenvalue weighted by Gasteiger charge is -2.01. The van der Waals surface area contributed by atoms with Crippen molar-refractivity contribution in [3.05, 3.63) is 0 Å². The molecule has 4 N–H and O–H groups in total. The van der Waals surface area contributed by atoms with E-state index in [-0.39, 0.29) is 12.8 Å². The number of nitrogens with two attached hydrogens (primary N) is 1. The highest BCUT2D eigenvalue weighted by Crippen LogP contribution is 1.93. The monoisotopic (exact) mass is 152 g/mol. The first-order chi connectivity index (χ1) is 4.54. The third-order valence-electron chi connectivity index (χ3n) is 0.986. The first-order valence-electron chi connectivity index (χ1n) is 2.74. The molecule has 1 atom stereocenters. The molecule has 0 aliphatic heterocycles. The summed E-state index contributed by atoms with van der Waals surface area (Å²) < 4.78 is 0. The average molecular weight is 152 g/mol. The second kappa shape index (κ2) is 3.84. The van der Waals surface area contributed by atoms with Crippen LogP contribution in [0.1, 0.15) is 12.8 Å². The first-order valence-corrected chi connectivity index (χ1v) is 2.74. The van der Waals surface area contributed by atoms with Crippen LogP contribution in [0.2, 0.25) is 0 Å². The highest BCUT2D eigenvalue weighted by Gasteiger charge is 2.12. The van der Waals surface area contributed by atoms with Crippen molar-refractivity contribution in [1.29, 1.82) is 0 Å². The number of carbonyl (C=O) groups is 2. The van der Waals surface area contributed by atoms with E-state index in [4.69, 9.17) is 15.9 Å². The largest absolute Gasteiger partial charge is 0.481 e. The Kier molecular flexibility index (Phi) is 3.42. The maximum Gasteiger partial charge on any atom is 0.320 e. The highest BCUT2D eigenvalue weighted by atomic mass is 16.5. The van der Waals surface area contributed by atoms with Crippen molar-refractivity contribution in [3.8, 4) is 0 Å². The number of hydrogen-bond acceptors (Lipinski definition) is 3. The van der Waals surface area contributed by atoms with E-state index in [0.29, 0.717) is 0 Å². The molecular weight excluding hydrogens is 143 g/mol. The van der Waals surface area contributed by atoms with Gasteiger partial charge in [-0.05, 0) is 6.42 Å². The Morgan fingerprint density at radius 3 is 2.20 bits per heavy atom. The molecule has 0 radical (unpaired) electrons. The van der Waals surface area contributed by atoms with Gasteiger partial charge in [0.15, 0.2) is 0 Å².